The van der Waals surface area contributed by atoms with Crippen LogP contribution < -0.4 is 5.73 Å². The summed E-state index contributed by atoms with van der Waals surface area (Å²) in [4.78, 5) is 30.6. The van der Waals surface area contributed by atoms with Crippen molar-refractivity contribution in [3.05, 3.63) is 11.0 Å². The Kier molecular flexibility index (Phi) is 3.78. The van der Waals surface area contributed by atoms with Gasteiger partial charge in [-0.15, -0.1) is 0 Å². The van der Waals surface area contributed by atoms with E-state index in [2.05, 4.69) is 15.0 Å². The number of aliphatic hydroxyl groups is 2. The van der Waals surface area contributed by atoms with E-state index in [1.54, 1.807) is 6.21 Å². The lowest BCUT2D eigenvalue weighted by Crippen LogP contribution is -2.36. The molecule has 0 bridgehead atoms. The van der Waals surface area contributed by atoms with Gasteiger partial charge in [-0.1, -0.05) is 0 Å². The number of nitrogens with two attached hydrogens (primary N) is 1. The van der Waals surface area contributed by atoms with E-state index in [-0.39, 0.29) is 41.4 Å². The smallest absolute Gasteiger partial charge is 0.325 e. The molecule has 0 saturated heterocycles. The maximum Gasteiger partial charge on any atom is 0.325 e. The summed E-state index contributed by atoms with van der Waals surface area (Å²) in [6, 6.07) is 0. The van der Waals surface area contributed by atoms with E-state index in [1.165, 1.54) is 0 Å². The highest BCUT2D eigenvalue weighted by atomic mass is 35.5. The zero-order chi connectivity index (χ0) is 18.1. The van der Waals surface area contributed by atoms with Crippen LogP contribution in [0.15, 0.2) is 4.99 Å². The molecule has 1 aliphatic heterocycles. The van der Waals surface area contributed by atoms with Crippen LogP contribution in [0.1, 0.15) is 24.5 Å². The summed E-state index contributed by atoms with van der Waals surface area (Å²) in [5, 5.41) is 21.1. The number of anilines is 1. The maximum atomic E-state index is 11.2. The Bertz CT molecular complexity index is 817. The lowest BCUT2D eigenvalue weighted by atomic mass is 9.84. The van der Waals surface area contributed by atoms with Crippen LogP contribution >= 0.6 is 19.2 Å². The number of fused-ring (bicyclic) bond motifs is 2. The van der Waals surface area contributed by atoms with Crippen molar-refractivity contribution in [2.24, 2.45) is 22.2 Å². The van der Waals surface area contributed by atoms with Gasteiger partial charge in [0.1, 0.15) is 5.69 Å². The Labute approximate surface area is 148 Å². The first-order valence-corrected chi connectivity index (χ1v) is 10.1. The monoisotopic (exact) mass is 388 g/mol. The van der Waals surface area contributed by atoms with Crippen molar-refractivity contribution in [3.8, 4) is 0 Å². The van der Waals surface area contributed by atoms with Gasteiger partial charge in [0.25, 0.3) is 0 Å². The van der Waals surface area contributed by atoms with E-state index in [9.17, 15) is 14.8 Å². The van der Waals surface area contributed by atoms with Crippen LogP contribution in [0.4, 0.5) is 11.5 Å². The third-order valence-electron chi connectivity index (χ3n) is 5.82. The molecule has 0 amide bonds. The summed E-state index contributed by atoms with van der Waals surface area (Å²) in [5.74, 6) is -0.638. The molecule has 136 valence electrons. The number of halogens is 1. The molecule has 25 heavy (non-hydrogen) atoms. The molecular formula is C14H18ClN4O5P. The fourth-order valence-electron chi connectivity index (χ4n) is 4.58. The molecule has 6 N–H and O–H groups in total. The molecule has 2 heterocycles. The molecule has 1 aromatic heterocycles. The first-order valence-electron chi connectivity index (χ1n) is 7.92. The summed E-state index contributed by atoms with van der Waals surface area (Å²) in [7, 11) is -4.17. The van der Waals surface area contributed by atoms with Gasteiger partial charge in [0.2, 0.25) is 5.28 Å². The summed E-state index contributed by atoms with van der Waals surface area (Å²) in [6.07, 6.45) is 0.0126. The van der Waals surface area contributed by atoms with Crippen LogP contribution in [0, 0.1) is 17.3 Å². The second-order valence-corrected chi connectivity index (χ2v) is 9.23. The Morgan fingerprint density at radius 3 is 2.76 bits per heavy atom. The number of aromatic nitrogens is 2. The van der Waals surface area contributed by atoms with Gasteiger partial charge in [-0.05, 0) is 30.4 Å². The fourth-order valence-corrected chi connectivity index (χ4v) is 5.47. The summed E-state index contributed by atoms with van der Waals surface area (Å²) < 4.78 is 11.2. The molecule has 9 nitrogen and oxygen atoms in total. The first-order chi connectivity index (χ1) is 11.6. The number of nitrogen functional groups attached to an aromatic ring is 1. The minimum atomic E-state index is -4.17. The average Bonchev–Trinajstić information content (AvgIpc) is 3.01. The van der Waals surface area contributed by atoms with Gasteiger partial charge in [-0.3, -0.25) is 9.56 Å². The second-order valence-electron chi connectivity index (χ2n) is 7.11. The third kappa shape index (κ3) is 2.61. The molecule has 11 heteroatoms. The molecule has 0 radical (unpaired) electrons. The molecular weight excluding hydrogens is 371 g/mol. The van der Waals surface area contributed by atoms with Gasteiger partial charge < -0.3 is 25.7 Å². The molecule has 2 saturated carbocycles. The summed E-state index contributed by atoms with van der Waals surface area (Å²) in [6.45, 7) is 0. The third-order valence-corrected chi connectivity index (χ3v) is 6.80. The molecule has 2 aliphatic carbocycles. The molecule has 6 atom stereocenters. The van der Waals surface area contributed by atoms with Gasteiger partial charge in [-0.25, -0.2) is 4.98 Å². The SMILES string of the molecule is Nc1nc(Cl)nc2c1N=CC2[C@H]1[C@H](O)[C@H](O)C2(CCP(=O)(O)O)C[C@H]12. The van der Waals surface area contributed by atoms with Crippen molar-refractivity contribution in [2.75, 3.05) is 11.9 Å². The highest BCUT2D eigenvalue weighted by Crippen LogP contribution is 2.71. The second kappa shape index (κ2) is 5.45. The van der Waals surface area contributed by atoms with Gasteiger partial charge in [0, 0.05) is 23.5 Å². The standard InChI is InChI=1S/C14H18ClN4O5P/c15-13-18-8-5(4-17-9(8)12(16)19-13)7-6-3-14(6,11(21)10(7)20)1-2-25(22,23)24/h4-7,10-11,20-21H,1-3H2,(H2,16,18,19)(H2,22,23,24)/t5?,6-,7-,10+,11+,14?/m1/s1. The van der Waals surface area contributed by atoms with Gasteiger partial charge in [0.05, 0.1) is 24.1 Å². The van der Waals surface area contributed by atoms with Gasteiger partial charge in [0.15, 0.2) is 5.82 Å². The number of rotatable bonds is 4. The number of aliphatic imine (C=N–C) groups is 1. The normalized spacial score (nSPS) is 38.7. The Hall–Kier alpha value is -1.09. The molecule has 0 spiro atoms. The van der Waals surface area contributed by atoms with Crippen molar-refractivity contribution in [1.82, 2.24) is 9.97 Å². The van der Waals surface area contributed by atoms with Crippen molar-refractivity contribution < 1.29 is 24.6 Å². The van der Waals surface area contributed by atoms with E-state index in [0.29, 0.717) is 17.8 Å². The quantitative estimate of drug-likeness (QED) is 0.366. The van der Waals surface area contributed by atoms with Gasteiger partial charge in [-0.2, -0.15) is 4.98 Å². The predicted molar refractivity (Wildman–Crippen MR) is 89.9 cm³/mol. The average molecular weight is 389 g/mol. The van der Waals surface area contributed by atoms with Crippen LogP contribution in [-0.4, -0.2) is 54.6 Å². The lowest BCUT2D eigenvalue weighted by molar-refractivity contribution is -0.0225. The molecule has 3 aliphatic rings. The van der Waals surface area contributed by atoms with Crippen LogP contribution in [0.25, 0.3) is 0 Å². The molecule has 2 fully saturated rings. The zero-order valence-electron chi connectivity index (χ0n) is 13.0. The topological polar surface area (TPSA) is 162 Å². The highest BCUT2D eigenvalue weighted by molar-refractivity contribution is 7.51. The van der Waals surface area contributed by atoms with E-state index < -0.39 is 25.2 Å². The van der Waals surface area contributed by atoms with Gasteiger partial charge >= 0.3 is 7.60 Å². The van der Waals surface area contributed by atoms with Crippen LogP contribution in [0.2, 0.25) is 5.28 Å². The van der Waals surface area contributed by atoms with Crippen LogP contribution in [-0.2, 0) is 4.57 Å². The van der Waals surface area contributed by atoms with Crippen LogP contribution in [0.3, 0.4) is 0 Å². The van der Waals surface area contributed by atoms with E-state index in [1.807, 2.05) is 0 Å². The van der Waals surface area contributed by atoms with Crippen LogP contribution in [0.5, 0.6) is 0 Å². The maximum absolute atomic E-state index is 11.2. The van der Waals surface area contributed by atoms with E-state index in [4.69, 9.17) is 27.1 Å². The minimum absolute atomic E-state index is 0.0108. The Morgan fingerprint density at radius 1 is 1.36 bits per heavy atom. The number of aliphatic hydroxyl groups excluding tert-OH is 2. The van der Waals surface area contributed by atoms with Crippen molar-refractivity contribution in [1.29, 1.82) is 0 Å². The number of nitrogens with zero attached hydrogens (tertiary/aromatic N) is 3. The number of hydrogen-bond acceptors (Lipinski definition) is 7. The Balaban J connectivity index is 1.62. The summed E-state index contributed by atoms with van der Waals surface area (Å²) in [5.41, 5.74) is 6.09. The molecule has 4 rings (SSSR count). The zero-order valence-corrected chi connectivity index (χ0v) is 14.7. The molecule has 2 unspecified atom stereocenters. The lowest BCUT2D eigenvalue weighted by Gasteiger charge is -2.26. The molecule has 0 aromatic carbocycles. The Morgan fingerprint density at radius 2 is 2.08 bits per heavy atom. The number of hydrogen-bond donors (Lipinski definition) is 5. The highest BCUT2D eigenvalue weighted by Gasteiger charge is 2.71. The van der Waals surface area contributed by atoms with E-state index in [0.717, 1.165) is 0 Å². The largest absolute Gasteiger partial charge is 0.390 e. The van der Waals surface area contributed by atoms with Crippen molar-refractivity contribution in [3.63, 3.8) is 0 Å². The summed E-state index contributed by atoms with van der Waals surface area (Å²) >= 11 is 5.88. The first kappa shape index (κ1) is 17.3. The van der Waals surface area contributed by atoms with Crippen molar-refractivity contribution >= 4 is 36.9 Å². The van der Waals surface area contributed by atoms with E-state index >= 15 is 0 Å². The fraction of sp³-hybridized carbons (Fsp3) is 0.643. The van der Waals surface area contributed by atoms with Crippen molar-refractivity contribution in [2.45, 2.75) is 31.0 Å². The predicted octanol–water partition coefficient (Wildman–Crippen LogP) is 0.437. The minimum Gasteiger partial charge on any atom is -0.390 e. The molecule has 1 aromatic rings.